The molecule has 7 heteroatoms. The van der Waals surface area contributed by atoms with E-state index in [1.54, 1.807) is 11.0 Å². The molecule has 128 valence electrons. The number of hydrogen-bond donors (Lipinski definition) is 1. The van der Waals surface area contributed by atoms with Gasteiger partial charge in [-0.05, 0) is 36.2 Å². The van der Waals surface area contributed by atoms with E-state index in [0.29, 0.717) is 18.2 Å². The Morgan fingerprint density at radius 3 is 2.80 bits per heavy atom. The third-order valence-electron chi connectivity index (χ3n) is 3.47. The van der Waals surface area contributed by atoms with Gasteiger partial charge in [-0.25, -0.2) is 9.67 Å². The maximum Gasteiger partial charge on any atom is 0.248 e. The van der Waals surface area contributed by atoms with E-state index in [1.807, 2.05) is 55.5 Å². The summed E-state index contributed by atoms with van der Waals surface area (Å²) in [6, 6.07) is 16.0. The van der Waals surface area contributed by atoms with Gasteiger partial charge < -0.3 is 0 Å². The Hall–Kier alpha value is -2.12. The van der Waals surface area contributed by atoms with E-state index >= 15 is 0 Å². The highest BCUT2D eigenvalue weighted by atomic mass is 79.9. The molecule has 0 aliphatic rings. The van der Waals surface area contributed by atoms with Crippen LogP contribution in [0.2, 0.25) is 0 Å². The van der Waals surface area contributed by atoms with Crippen LogP contribution in [0, 0.1) is 6.92 Å². The van der Waals surface area contributed by atoms with Crippen molar-refractivity contribution in [2.45, 2.75) is 18.4 Å². The van der Waals surface area contributed by atoms with Gasteiger partial charge in [0.1, 0.15) is 6.33 Å². The molecule has 1 aromatic heterocycles. The summed E-state index contributed by atoms with van der Waals surface area (Å²) in [6.45, 7) is 2.65. The summed E-state index contributed by atoms with van der Waals surface area (Å²) in [5.74, 6) is 0.522. The second kappa shape index (κ2) is 8.31. The fourth-order valence-corrected chi connectivity index (χ4v) is 3.56. The van der Waals surface area contributed by atoms with Crippen molar-refractivity contribution >= 4 is 39.5 Å². The molecule has 1 amide bonds. The van der Waals surface area contributed by atoms with Crippen LogP contribution in [0.15, 0.2) is 64.2 Å². The molecule has 5 nitrogen and oxygen atoms in total. The number of benzene rings is 2. The van der Waals surface area contributed by atoms with Crippen LogP contribution in [0.4, 0.5) is 5.95 Å². The summed E-state index contributed by atoms with van der Waals surface area (Å²) in [5, 5.41) is 7.02. The Labute approximate surface area is 159 Å². The Morgan fingerprint density at radius 2 is 2.04 bits per heavy atom. The molecule has 0 aliphatic carbocycles. The van der Waals surface area contributed by atoms with E-state index in [4.69, 9.17) is 0 Å². The summed E-state index contributed by atoms with van der Waals surface area (Å²) < 4.78 is 2.74. The number of amides is 1. The molecule has 1 N–H and O–H groups in total. The predicted octanol–water partition coefficient (Wildman–Crippen LogP) is 4.13. The normalized spacial score (nSPS) is 10.6. The van der Waals surface area contributed by atoms with Gasteiger partial charge in [-0.2, -0.15) is 0 Å². The van der Waals surface area contributed by atoms with Crippen molar-refractivity contribution < 1.29 is 4.79 Å². The molecule has 25 heavy (non-hydrogen) atoms. The van der Waals surface area contributed by atoms with Gasteiger partial charge in [-0.15, -0.1) is 16.9 Å². The summed E-state index contributed by atoms with van der Waals surface area (Å²) in [5.41, 5.74) is 2.27. The number of nitrogens with zero attached hydrogens (tertiary/aromatic N) is 3. The average molecular weight is 417 g/mol. The number of thioether (sulfide) groups is 1. The van der Waals surface area contributed by atoms with E-state index in [2.05, 4.69) is 31.3 Å². The molecule has 0 bridgehead atoms. The van der Waals surface area contributed by atoms with Crippen molar-refractivity contribution in [2.75, 3.05) is 11.1 Å². The first-order chi connectivity index (χ1) is 12.1. The molecule has 0 saturated heterocycles. The Kier molecular flexibility index (Phi) is 5.88. The van der Waals surface area contributed by atoms with Crippen molar-refractivity contribution in [3.8, 4) is 0 Å². The summed E-state index contributed by atoms with van der Waals surface area (Å²) in [6.07, 6.45) is 1.62. The minimum absolute atomic E-state index is 0.121. The van der Waals surface area contributed by atoms with E-state index < -0.39 is 0 Å². The lowest BCUT2D eigenvalue weighted by Crippen LogP contribution is -2.15. The summed E-state index contributed by atoms with van der Waals surface area (Å²) in [4.78, 5) is 17.3. The van der Waals surface area contributed by atoms with Crippen LogP contribution in [0.5, 0.6) is 0 Å². The minimum Gasteiger partial charge on any atom is -0.292 e. The van der Waals surface area contributed by atoms with Crippen LogP contribution in [0.3, 0.4) is 0 Å². The second-order valence-electron chi connectivity index (χ2n) is 5.50. The van der Waals surface area contributed by atoms with Gasteiger partial charge in [-0.1, -0.05) is 46.3 Å². The van der Waals surface area contributed by atoms with Crippen LogP contribution < -0.4 is 5.32 Å². The first-order valence-corrected chi connectivity index (χ1v) is 9.50. The molecule has 0 unspecified atom stereocenters. The van der Waals surface area contributed by atoms with Crippen LogP contribution in [0.1, 0.15) is 11.1 Å². The third-order valence-corrected chi connectivity index (χ3v) is 5.14. The van der Waals surface area contributed by atoms with Crippen LogP contribution in [0.25, 0.3) is 0 Å². The zero-order chi connectivity index (χ0) is 17.6. The lowest BCUT2D eigenvalue weighted by molar-refractivity contribution is -0.113. The second-order valence-corrected chi connectivity index (χ2v) is 7.43. The van der Waals surface area contributed by atoms with Crippen molar-refractivity contribution in [2.24, 2.45) is 0 Å². The molecule has 0 saturated carbocycles. The van der Waals surface area contributed by atoms with Gasteiger partial charge in [0.2, 0.25) is 11.9 Å². The number of carbonyl (C=O) groups excluding carboxylic acids is 1. The predicted molar refractivity (Wildman–Crippen MR) is 104 cm³/mol. The van der Waals surface area contributed by atoms with Gasteiger partial charge in [0.15, 0.2) is 0 Å². The highest BCUT2D eigenvalue weighted by molar-refractivity contribution is 9.10. The van der Waals surface area contributed by atoms with Crippen LogP contribution >= 0.6 is 27.7 Å². The Morgan fingerprint density at radius 1 is 1.24 bits per heavy atom. The molecular formula is C18H17BrN4OS. The smallest absolute Gasteiger partial charge is 0.248 e. The third kappa shape index (κ3) is 5.17. The molecule has 2 aromatic carbocycles. The maximum absolute atomic E-state index is 12.1. The number of carbonyl (C=O) groups is 1. The zero-order valence-corrected chi connectivity index (χ0v) is 16.0. The highest BCUT2D eigenvalue weighted by Crippen LogP contribution is 2.25. The standard InChI is InChI=1S/C18H17BrN4OS/c1-13-9-15(19)7-8-16(13)25-11-17(24)21-18-20-12-23(22-18)10-14-5-3-2-4-6-14/h2-9,12H,10-11H2,1H3,(H,21,22,24). The number of anilines is 1. The van der Waals surface area contributed by atoms with Crippen LogP contribution in [-0.2, 0) is 11.3 Å². The summed E-state index contributed by atoms with van der Waals surface area (Å²) >= 11 is 4.94. The molecule has 0 radical (unpaired) electrons. The molecule has 3 aromatic rings. The lowest BCUT2D eigenvalue weighted by atomic mass is 10.2. The average Bonchev–Trinajstić information content (AvgIpc) is 3.02. The largest absolute Gasteiger partial charge is 0.292 e. The van der Waals surface area contributed by atoms with Crippen molar-refractivity contribution in [1.82, 2.24) is 14.8 Å². The van der Waals surface area contributed by atoms with Crippen molar-refractivity contribution in [3.63, 3.8) is 0 Å². The molecule has 3 rings (SSSR count). The fourth-order valence-electron chi connectivity index (χ4n) is 2.28. The van der Waals surface area contributed by atoms with Crippen LogP contribution in [-0.4, -0.2) is 26.4 Å². The van der Waals surface area contributed by atoms with Gasteiger partial charge >= 0.3 is 0 Å². The van der Waals surface area contributed by atoms with Gasteiger partial charge in [-0.3, -0.25) is 10.1 Å². The topological polar surface area (TPSA) is 59.8 Å². The molecule has 0 atom stereocenters. The summed E-state index contributed by atoms with van der Waals surface area (Å²) in [7, 11) is 0. The quantitative estimate of drug-likeness (QED) is 0.613. The van der Waals surface area contributed by atoms with E-state index in [9.17, 15) is 4.79 Å². The number of aryl methyl sites for hydroxylation is 1. The number of nitrogens with one attached hydrogen (secondary N) is 1. The molecule has 0 spiro atoms. The van der Waals surface area contributed by atoms with Gasteiger partial charge in [0.25, 0.3) is 0 Å². The maximum atomic E-state index is 12.1. The minimum atomic E-state index is -0.121. The number of rotatable bonds is 6. The van der Waals surface area contributed by atoms with E-state index in [1.165, 1.54) is 11.8 Å². The van der Waals surface area contributed by atoms with Crippen molar-refractivity contribution in [3.05, 3.63) is 70.5 Å². The molecule has 0 fully saturated rings. The first-order valence-electron chi connectivity index (χ1n) is 7.72. The van der Waals surface area contributed by atoms with E-state index in [0.717, 1.165) is 20.5 Å². The van der Waals surface area contributed by atoms with Gasteiger partial charge in [0, 0.05) is 9.37 Å². The number of aromatic nitrogens is 3. The SMILES string of the molecule is Cc1cc(Br)ccc1SCC(=O)Nc1ncn(Cc2ccccc2)n1. The Bertz CT molecular complexity index is 867. The fraction of sp³-hybridized carbons (Fsp3) is 0.167. The molecular weight excluding hydrogens is 400 g/mol. The van der Waals surface area contributed by atoms with E-state index in [-0.39, 0.29) is 5.91 Å². The highest BCUT2D eigenvalue weighted by Gasteiger charge is 2.09. The first kappa shape index (κ1) is 17.7. The zero-order valence-electron chi connectivity index (χ0n) is 13.6. The lowest BCUT2D eigenvalue weighted by Gasteiger charge is -2.05. The monoisotopic (exact) mass is 416 g/mol. The number of halogens is 1. The number of hydrogen-bond acceptors (Lipinski definition) is 4. The molecule has 0 aliphatic heterocycles. The van der Waals surface area contributed by atoms with Gasteiger partial charge in [0.05, 0.1) is 12.3 Å². The Balaban J connectivity index is 1.53. The molecule has 1 heterocycles. The van der Waals surface area contributed by atoms with Crippen molar-refractivity contribution in [1.29, 1.82) is 0 Å².